The lowest BCUT2D eigenvalue weighted by Gasteiger charge is -2.22. The summed E-state index contributed by atoms with van der Waals surface area (Å²) in [5, 5.41) is 6.10. The lowest BCUT2D eigenvalue weighted by molar-refractivity contribution is 0.102. The third-order valence-corrected chi connectivity index (χ3v) is 4.32. The average Bonchev–Trinajstić information content (AvgIpc) is 2.68. The minimum Gasteiger partial charge on any atom is -0.385 e. The summed E-state index contributed by atoms with van der Waals surface area (Å²) in [7, 11) is 1.67. The maximum absolute atomic E-state index is 12.6. The maximum atomic E-state index is 12.6. The van der Waals surface area contributed by atoms with Crippen LogP contribution in [0.5, 0.6) is 0 Å². The highest BCUT2D eigenvalue weighted by Gasteiger charge is 2.12. The Morgan fingerprint density at radius 3 is 2.63 bits per heavy atom. The van der Waals surface area contributed by atoms with Crippen molar-refractivity contribution in [3.63, 3.8) is 0 Å². The number of benzene rings is 1. The lowest BCUT2D eigenvalue weighted by Crippen LogP contribution is -2.22. The second kappa shape index (κ2) is 10.5. The molecule has 146 valence electrons. The van der Waals surface area contributed by atoms with E-state index in [2.05, 4.69) is 45.4 Å². The molecule has 0 fully saturated rings. The predicted octanol–water partition coefficient (Wildman–Crippen LogP) is 3.33. The van der Waals surface area contributed by atoms with Gasteiger partial charge in [-0.15, -0.1) is 0 Å². The van der Waals surface area contributed by atoms with Crippen LogP contribution in [0.1, 0.15) is 36.3 Å². The molecule has 0 saturated heterocycles. The van der Waals surface area contributed by atoms with Gasteiger partial charge >= 0.3 is 0 Å². The fraction of sp³-hybridized carbons (Fsp3) is 0.450. The molecule has 1 heterocycles. The van der Waals surface area contributed by atoms with E-state index in [0.717, 1.165) is 43.0 Å². The number of rotatable bonds is 10. The summed E-state index contributed by atoms with van der Waals surface area (Å²) in [6.07, 6.45) is 2.25. The Kier molecular flexibility index (Phi) is 8.00. The smallest absolute Gasteiger partial charge is 0.274 e. The van der Waals surface area contributed by atoms with Gasteiger partial charge in [0.05, 0.1) is 0 Å². The van der Waals surface area contributed by atoms with Crippen molar-refractivity contribution in [1.82, 2.24) is 9.97 Å². The molecule has 1 aromatic heterocycles. The summed E-state index contributed by atoms with van der Waals surface area (Å²) >= 11 is 0. The van der Waals surface area contributed by atoms with E-state index >= 15 is 0 Å². The maximum Gasteiger partial charge on any atom is 0.274 e. The van der Waals surface area contributed by atoms with Crippen LogP contribution in [0, 0.1) is 6.92 Å². The number of anilines is 3. The van der Waals surface area contributed by atoms with Gasteiger partial charge in [0.1, 0.15) is 17.8 Å². The van der Waals surface area contributed by atoms with E-state index in [1.165, 1.54) is 6.33 Å². The summed E-state index contributed by atoms with van der Waals surface area (Å²) in [5.41, 5.74) is 3.27. The topological polar surface area (TPSA) is 79.4 Å². The van der Waals surface area contributed by atoms with Crippen molar-refractivity contribution >= 4 is 23.1 Å². The molecule has 0 aliphatic heterocycles. The van der Waals surface area contributed by atoms with Crippen molar-refractivity contribution < 1.29 is 9.53 Å². The van der Waals surface area contributed by atoms with Crippen LogP contribution in [-0.4, -0.2) is 49.2 Å². The first-order valence-electron chi connectivity index (χ1n) is 9.30. The first-order valence-corrected chi connectivity index (χ1v) is 9.30. The minimum atomic E-state index is -0.254. The van der Waals surface area contributed by atoms with E-state index in [-0.39, 0.29) is 5.91 Å². The first kappa shape index (κ1) is 20.6. The van der Waals surface area contributed by atoms with Gasteiger partial charge < -0.3 is 20.3 Å². The molecule has 0 aliphatic carbocycles. The molecule has 2 aromatic rings. The highest BCUT2D eigenvalue weighted by Crippen LogP contribution is 2.23. The molecule has 0 atom stereocenters. The number of hydrogen-bond acceptors (Lipinski definition) is 6. The van der Waals surface area contributed by atoms with Gasteiger partial charge in [0.25, 0.3) is 5.91 Å². The second-order valence-electron chi connectivity index (χ2n) is 6.19. The molecule has 1 amide bonds. The number of carbonyl (C=O) groups excluding carboxylic acids is 1. The third kappa shape index (κ3) is 5.92. The van der Waals surface area contributed by atoms with Crippen molar-refractivity contribution in [3.05, 3.63) is 41.9 Å². The van der Waals surface area contributed by atoms with Gasteiger partial charge in [-0.1, -0.05) is 0 Å². The summed E-state index contributed by atoms with van der Waals surface area (Å²) in [6.45, 7) is 9.54. The zero-order valence-corrected chi connectivity index (χ0v) is 16.6. The van der Waals surface area contributed by atoms with Gasteiger partial charge in [-0.3, -0.25) is 4.79 Å². The van der Waals surface area contributed by atoms with E-state index in [4.69, 9.17) is 4.74 Å². The molecule has 0 unspecified atom stereocenters. The molecule has 0 radical (unpaired) electrons. The molecule has 0 aliphatic rings. The Bertz CT molecular complexity index is 747. The number of ether oxygens (including phenoxy) is 1. The zero-order chi connectivity index (χ0) is 19.6. The molecule has 1 aromatic carbocycles. The number of aryl methyl sites for hydroxylation is 1. The van der Waals surface area contributed by atoms with Gasteiger partial charge in [0.15, 0.2) is 0 Å². The number of nitrogens with zero attached hydrogens (tertiary/aromatic N) is 3. The highest BCUT2D eigenvalue weighted by molar-refractivity contribution is 6.03. The summed E-state index contributed by atoms with van der Waals surface area (Å²) in [6, 6.07) is 7.71. The molecule has 27 heavy (non-hydrogen) atoms. The van der Waals surface area contributed by atoms with E-state index in [1.807, 2.05) is 19.1 Å². The van der Waals surface area contributed by atoms with Gasteiger partial charge in [0, 0.05) is 50.8 Å². The van der Waals surface area contributed by atoms with E-state index in [1.54, 1.807) is 13.2 Å². The largest absolute Gasteiger partial charge is 0.385 e. The SMILES string of the molecule is CCN(CC)c1ccc(NC(=O)c2cc(NCCCOC)ncn2)c(C)c1. The normalized spacial score (nSPS) is 10.5. The Hall–Kier alpha value is -2.67. The number of hydrogen-bond donors (Lipinski definition) is 2. The monoisotopic (exact) mass is 371 g/mol. The molecule has 7 heteroatoms. The van der Waals surface area contributed by atoms with Crippen molar-refractivity contribution in [3.8, 4) is 0 Å². The van der Waals surface area contributed by atoms with Crippen molar-refractivity contribution in [1.29, 1.82) is 0 Å². The zero-order valence-electron chi connectivity index (χ0n) is 16.6. The Morgan fingerprint density at radius 2 is 1.96 bits per heavy atom. The predicted molar refractivity (Wildman–Crippen MR) is 110 cm³/mol. The molecule has 2 N–H and O–H groups in total. The van der Waals surface area contributed by atoms with Crippen molar-refractivity contribution in [2.24, 2.45) is 0 Å². The van der Waals surface area contributed by atoms with Crippen LogP contribution in [0.3, 0.4) is 0 Å². The van der Waals surface area contributed by atoms with E-state index in [9.17, 15) is 4.79 Å². The van der Waals surface area contributed by atoms with Crippen LogP contribution in [-0.2, 0) is 4.74 Å². The molecule has 0 bridgehead atoms. The van der Waals surface area contributed by atoms with Crippen LogP contribution < -0.4 is 15.5 Å². The highest BCUT2D eigenvalue weighted by atomic mass is 16.5. The van der Waals surface area contributed by atoms with Crippen LogP contribution in [0.2, 0.25) is 0 Å². The second-order valence-corrected chi connectivity index (χ2v) is 6.19. The minimum absolute atomic E-state index is 0.254. The quantitative estimate of drug-likeness (QED) is 0.624. The van der Waals surface area contributed by atoms with Crippen LogP contribution in [0.4, 0.5) is 17.2 Å². The molecular weight excluding hydrogens is 342 g/mol. The van der Waals surface area contributed by atoms with E-state index < -0.39 is 0 Å². The van der Waals surface area contributed by atoms with Crippen molar-refractivity contribution in [2.75, 3.05) is 48.9 Å². The number of methoxy groups -OCH3 is 1. The van der Waals surface area contributed by atoms with Crippen LogP contribution in [0.15, 0.2) is 30.6 Å². The van der Waals surface area contributed by atoms with E-state index in [0.29, 0.717) is 18.1 Å². The molecule has 0 saturated carbocycles. The Balaban J connectivity index is 2.04. The molecular formula is C20H29N5O2. The lowest BCUT2D eigenvalue weighted by atomic mass is 10.1. The summed E-state index contributed by atoms with van der Waals surface area (Å²) in [4.78, 5) is 23.1. The van der Waals surface area contributed by atoms with Gasteiger partial charge in [-0.2, -0.15) is 0 Å². The first-order chi connectivity index (χ1) is 13.1. The Labute approximate surface area is 161 Å². The number of aromatic nitrogens is 2. The van der Waals surface area contributed by atoms with Crippen molar-refractivity contribution in [2.45, 2.75) is 27.2 Å². The van der Waals surface area contributed by atoms with Crippen LogP contribution in [0.25, 0.3) is 0 Å². The number of amides is 1. The van der Waals surface area contributed by atoms with Crippen LogP contribution >= 0.6 is 0 Å². The van der Waals surface area contributed by atoms with Gasteiger partial charge in [-0.05, 0) is 51.0 Å². The third-order valence-electron chi connectivity index (χ3n) is 4.32. The summed E-state index contributed by atoms with van der Waals surface area (Å²) < 4.78 is 5.02. The fourth-order valence-corrected chi connectivity index (χ4v) is 2.77. The molecule has 2 rings (SSSR count). The Morgan fingerprint density at radius 1 is 1.19 bits per heavy atom. The number of nitrogens with one attached hydrogen (secondary N) is 2. The fourth-order valence-electron chi connectivity index (χ4n) is 2.77. The molecule has 7 nitrogen and oxygen atoms in total. The summed E-state index contributed by atoms with van der Waals surface area (Å²) in [5.74, 6) is 0.371. The van der Waals surface area contributed by atoms with Gasteiger partial charge in [-0.25, -0.2) is 9.97 Å². The average molecular weight is 371 g/mol. The number of carbonyl (C=O) groups is 1. The standard InChI is InChI=1S/C20H29N5O2/c1-5-25(6-2)16-8-9-17(15(3)12-16)24-20(26)18-13-19(23-14-22-18)21-10-7-11-27-4/h8-9,12-14H,5-7,10-11H2,1-4H3,(H,24,26)(H,21,22,23). The molecule has 0 spiro atoms. The van der Waals surface area contributed by atoms with Gasteiger partial charge in [0.2, 0.25) is 0 Å².